The Morgan fingerprint density at radius 2 is 1.78 bits per heavy atom. The number of sulfone groups is 1. The summed E-state index contributed by atoms with van der Waals surface area (Å²) in [6, 6.07) is 3.78. The van der Waals surface area contributed by atoms with Gasteiger partial charge in [0.25, 0.3) is 0 Å². The fraction of sp³-hybridized carbons (Fsp3) is 0.455. The van der Waals surface area contributed by atoms with E-state index in [1.54, 1.807) is 0 Å². The second-order valence-corrected chi connectivity index (χ2v) is 8.21. The molecular formula is C11H12BrCl2NO2S. The van der Waals surface area contributed by atoms with Crippen molar-refractivity contribution >= 4 is 54.7 Å². The molecule has 7 heteroatoms. The Labute approximate surface area is 125 Å². The molecular weight excluding hydrogens is 361 g/mol. The van der Waals surface area contributed by atoms with Crippen LogP contribution in [-0.4, -0.2) is 26.0 Å². The van der Waals surface area contributed by atoms with Gasteiger partial charge in [-0.05, 0) is 40.9 Å². The van der Waals surface area contributed by atoms with Crippen LogP contribution < -0.4 is 5.32 Å². The average molecular weight is 373 g/mol. The molecule has 0 bridgehead atoms. The molecule has 1 aromatic carbocycles. The predicted octanol–water partition coefficient (Wildman–Crippen LogP) is 3.75. The van der Waals surface area contributed by atoms with Gasteiger partial charge in [0.05, 0.1) is 27.2 Å². The highest BCUT2D eigenvalue weighted by molar-refractivity contribution is 9.10. The number of nitrogens with one attached hydrogen (secondary N) is 1. The number of hydrogen-bond donors (Lipinski definition) is 1. The molecule has 0 saturated carbocycles. The van der Waals surface area contributed by atoms with Crippen molar-refractivity contribution in [3.8, 4) is 0 Å². The fourth-order valence-electron chi connectivity index (χ4n) is 1.89. The largest absolute Gasteiger partial charge is 0.381 e. The molecule has 2 rings (SSSR count). The van der Waals surface area contributed by atoms with Crippen LogP contribution in [0.1, 0.15) is 12.8 Å². The lowest BCUT2D eigenvalue weighted by Gasteiger charge is -2.24. The zero-order valence-corrected chi connectivity index (χ0v) is 13.3. The highest BCUT2D eigenvalue weighted by Crippen LogP contribution is 2.36. The van der Waals surface area contributed by atoms with Crippen LogP contribution in [0, 0.1) is 0 Å². The molecule has 3 nitrogen and oxygen atoms in total. The van der Waals surface area contributed by atoms with Gasteiger partial charge < -0.3 is 5.32 Å². The third-order valence-electron chi connectivity index (χ3n) is 2.95. The van der Waals surface area contributed by atoms with Gasteiger partial charge in [-0.2, -0.15) is 0 Å². The number of hydrogen-bond acceptors (Lipinski definition) is 3. The summed E-state index contributed by atoms with van der Waals surface area (Å²) in [5.41, 5.74) is 0.745. The molecule has 100 valence electrons. The van der Waals surface area contributed by atoms with Crippen LogP contribution in [0.15, 0.2) is 16.6 Å². The third-order valence-corrected chi connectivity index (χ3v) is 6.44. The molecule has 0 unspecified atom stereocenters. The SMILES string of the molecule is O=S1(=O)CCC(Nc2ccc(Br)c(Cl)c2Cl)CC1. The Bertz CT molecular complexity index is 548. The summed E-state index contributed by atoms with van der Waals surface area (Å²) >= 11 is 15.5. The maximum Gasteiger partial charge on any atom is 0.150 e. The lowest BCUT2D eigenvalue weighted by atomic mass is 10.1. The minimum atomic E-state index is -2.84. The van der Waals surface area contributed by atoms with Crippen LogP contribution in [0.2, 0.25) is 10.0 Å². The van der Waals surface area contributed by atoms with E-state index < -0.39 is 9.84 Å². The number of rotatable bonds is 2. The van der Waals surface area contributed by atoms with Crippen LogP contribution in [0.5, 0.6) is 0 Å². The van der Waals surface area contributed by atoms with E-state index in [1.807, 2.05) is 12.1 Å². The van der Waals surface area contributed by atoms with Crippen molar-refractivity contribution < 1.29 is 8.42 Å². The van der Waals surface area contributed by atoms with Crippen LogP contribution >= 0.6 is 39.1 Å². The molecule has 1 aromatic rings. The first-order valence-electron chi connectivity index (χ1n) is 5.49. The van der Waals surface area contributed by atoms with Crippen molar-refractivity contribution in [1.29, 1.82) is 0 Å². The Kier molecular flexibility index (Phi) is 4.47. The van der Waals surface area contributed by atoms with Crippen molar-refractivity contribution in [2.45, 2.75) is 18.9 Å². The smallest absolute Gasteiger partial charge is 0.150 e. The summed E-state index contributed by atoms with van der Waals surface area (Å²) in [7, 11) is -2.84. The second kappa shape index (κ2) is 5.57. The van der Waals surface area contributed by atoms with Crippen LogP contribution in [0.4, 0.5) is 5.69 Å². The van der Waals surface area contributed by atoms with Gasteiger partial charge in [0.2, 0.25) is 0 Å². The van der Waals surface area contributed by atoms with Crippen molar-refractivity contribution in [2.24, 2.45) is 0 Å². The zero-order valence-electron chi connectivity index (χ0n) is 9.42. The molecule has 0 radical (unpaired) electrons. The number of benzene rings is 1. The van der Waals surface area contributed by atoms with E-state index in [-0.39, 0.29) is 17.5 Å². The number of halogens is 3. The molecule has 0 aliphatic carbocycles. The van der Waals surface area contributed by atoms with Gasteiger partial charge in [-0.15, -0.1) is 0 Å². The molecule has 0 spiro atoms. The Morgan fingerprint density at radius 1 is 1.17 bits per heavy atom. The molecule has 0 amide bonds. The van der Waals surface area contributed by atoms with Crippen LogP contribution in [0.25, 0.3) is 0 Å². The highest BCUT2D eigenvalue weighted by Gasteiger charge is 2.24. The molecule has 1 N–H and O–H groups in total. The molecule has 1 saturated heterocycles. The van der Waals surface area contributed by atoms with E-state index in [4.69, 9.17) is 23.2 Å². The monoisotopic (exact) mass is 371 g/mol. The van der Waals surface area contributed by atoms with E-state index >= 15 is 0 Å². The summed E-state index contributed by atoms with van der Waals surface area (Å²) in [5, 5.41) is 4.17. The summed E-state index contributed by atoms with van der Waals surface area (Å²) in [6.07, 6.45) is 1.21. The minimum Gasteiger partial charge on any atom is -0.381 e. The summed E-state index contributed by atoms with van der Waals surface area (Å²) in [5.74, 6) is 0.457. The quantitative estimate of drug-likeness (QED) is 0.804. The fourth-order valence-corrected chi connectivity index (χ4v) is 4.21. The second-order valence-electron chi connectivity index (χ2n) is 4.29. The van der Waals surface area contributed by atoms with E-state index in [2.05, 4.69) is 21.2 Å². The molecule has 1 aliphatic heterocycles. The topological polar surface area (TPSA) is 46.2 Å². The zero-order chi connectivity index (χ0) is 13.3. The van der Waals surface area contributed by atoms with Crippen molar-refractivity contribution in [1.82, 2.24) is 0 Å². The Hall–Kier alpha value is 0.0300. The van der Waals surface area contributed by atoms with Gasteiger partial charge in [0.1, 0.15) is 9.84 Å². The average Bonchev–Trinajstić information content (AvgIpc) is 2.32. The van der Waals surface area contributed by atoms with Crippen molar-refractivity contribution in [2.75, 3.05) is 16.8 Å². The number of anilines is 1. The Balaban J connectivity index is 2.09. The summed E-state index contributed by atoms with van der Waals surface area (Å²) in [6.45, 7) is 0. The first-order valence-corrected chi connectivity index (χ1v) is 8.86. The van der Waals surface area contributed by atoms with Crippen molar-refractivity contribution in [3.63, 3.8) is 0 Å². The van der Waals surface area contributed by atoms with Crippen LogP contribution in [-0.2, 0) is 9.84 Å². The molecule has 0 atom stereocenters. The standard InChI is InChI=1S/C11H12BrCl2NO2S/c12-8-1-2-9(11(14)10(8)13)15-7-3-5-18(16,17)6-4-7/h1-2,7,15H,3-6H2. The van der Waals surface area contributed by atoms with Gasteiger partial charge in [-0.3, -0.25) is 0 Å². The predicted molar refractivity (Wildman–Crippen MR) is 79.5 cm³/mol. The van der Waals surface area contributed by atoms with Gasteiger partial charge in [0, 0.05) is 10.5 Å². The first-order chi connectivity index (χ1) is 8.39. The molecule has 1 aliphatic rings. The van der Waals surface area contributed by atoms with E-state index in [0.717, 1.165) is 10.2 Å². The first kappa shape index (κ1) is 14.4. The van der Waals surface area contributed by atoms with Gasteiger partial charge in [0.15, 0.2) is 0 Å². The van der Waals surface area contributed by atoms with Crippen LogP contribution in [0.3, 0.4) is 0 Å². The summed E-state index contributed by atoms with van der Waals surface area (Å²) in [4.78, 5) is 0. The maximum atomic E-state index is 11.3. The minimum absolute atomic E-state index is 0.128. The molecule has 18 heavy (non-hydrogen) atoms. The molecule has 1 fully saturated rings. The molecule has 1 heterocycles. The van der Waals surface area contributed by atoms with E-state index in [9.17, 15) is 8.42 Å². The van der Waals surface area contributed by atoms with Gasteiger partial charge in [-0.25, -0.2) is 8.42 Å². The lowest BCUT2D eigenvalue weighted by molar-refractivity contribution is 0.559. The normalized spacial score (nSPS) is 19.7. The Morgan fingerprint density at radius 3 is 2.39 bits per heavy atom. The van der Waals surface area contributed by atoms with E-state index in [1.165, 1.54) is 0 Å². The van der Waals surface area contributed by atoms with Crippen molar-refractivity contribution in [3.05, 3.63) is 26.7 Å². The maximum absolute atomic E-state index is 11.3. The van der Waals surface area contributed by atoms with E-state index in [0.29, 0.717) is 22.9 Å². The van der Waals surface area contributed by atoms with Gasteiger partial charge in [-0.1, -0.05) is 23.2 Å². The highest BCUT2D eigenvalue weighted by atomic mass is 79.9. The third kappa shape index (κ3) is 3.32. The summed E-state index contributed by atoms with van der Waals surface area (Å²) < 4.78 is 23.4. The van der Waals surface area contributed by atoms with Gasteiger partial charge >= 0.3 is 0 Å². The molecule has 0 aromatic heterocycles. The lowest BCUT2D eigenvalue weighted by Crippen LogP contribution is -2.32.